The number of thioether (sulfide) groups is 1. The summed E-state index contributed by atoms with van der Waals surface area (Å²) in [6.07, 6.45) is 0.923. The third-order valence-corrected chi connectivity index (χ3v) is 7.04. The first-order valence-electron chi connectivity index (χ1n) is 9.91. The summed E-state index contributed by atoms with van der Waals surface area (Å²) in [7, 11) is 0. The molecule has 0 unspecified atom stereocenters. The summed E-state index contributed by atoms with van der Waals surface area (Å²) >= 11 is 0.930. The van der Waals surface area contributed by atoms with Crippen molar-refractivity contribution in [1.29, 1.82) is 0 Å². The van der Waals surface area contributed by atoms with Crippen molar-refractivity contribution in [2.45, 2.75) is 44.9 Å². The van der Waals surface area contributed by atoms with Gasteiger partial charge in [-0.05, 0) is 36.6 Å². The van der Waals surface area contributed by atoms with Gasteiger partial charge < -0.3 is 10.0 Å². The molecule has 1 amide bonds. The van der Waals surface area contributed by atoms with E-state index in [1.165, 1.54) is 18.7 Å². The Morgan fingerprint density at radius 3 is 2.43 bits per heavy atom. The number of amides is 1. The average Bonchev–Trinajstić information content (AvgIpc) is 3.21. The molecule has 1 aliphatic rings. The number of hydrogen-bond donors (Lipinski definition) is 1. The smallest absolute Gasteiger partial charge is 0.326 e. The zero-order chi connectivity index (χ0) is 22.1. The molecule has 0 bridgehead atoms. The Morgan fingerprint density at radius 2 is 1.80 bits per heavy atom. The van der Waals surface area contributed by atoms with Crippen molar-refractivity contribution in [3.05, 3.63) is 48.0 Å². The SMILES string of the molecule is CC(=O)S[C@@H](C)[C@](C)(C(=O)c1ccc2ccccc2c1)C(=O)N1CCC[C@H]1C(=O)O. The lowest BCUT2D eigenvalue weighted by atomic mass is 9.77. The number of nitrogens with zero attached hydrogens (tertiary/aromatic N) is 1. The molecule has 0 aliphatic carbocycles. The van der Waals surface area contributed by atoms with Crippen LogP contribution in [-0.4, -0.2) is 50.6 Å². The van der Waals surface area contributed by atoms with Gasteiger partial charge in [0.05, 0.1) is 0 Å². The first-order valence-corrected chi connectivity index (χ1v) is 10.8. The number of hydrogen-bond acceptors (Lipinski definition) is 5. The highest BCUT2D eigenvalue weighted by molar-refractivity contribution is 8.14. The molecule has 1 fully saturated rings. The molecule has 1 saturated heterocycles. The highest BCUT2D eigenvalue weighted by Crippen LogP contribution is 2.39. The molecule has 3 atom stereocenters. The number of benzene rings is 2. The van der Waals surface area contributed by atoms with Crippen LogP contribution in [-0.2, 0) is 14.4 Å². The number of rotatable bonds is 6. The molecule has 1 aliphatic heterocycles. The van der Waals surface area contributed by atoms with Gasteiger partial charge in [-0.3, -0.25) is 14.4 Å². The van der Waals surface area contributed by atoms with Crippen molar-refractivity contribution in [2.24, 2.45) is 5.41 Å². The van der Waals surface area contributed by atoms with Crippen LogP contribution in [0.4, 0.5) is 0 Å². The summed E-state index contributed by atoms with van der Waals surface area (Å²) in [5.74, 6) is -2.02. The number of aliphatic carboxylic acids is 1. The van der Waals surface area contributed by atoms with Gasteiger partial charge in [-0.1, -0.05) is 55.1 Å². The Hall–Kier alpha value is -2.67. The van der Waals surface area contributed by atoms with E-state index in [1.807, 2.05) is 30.3 Å². The Balaban J connectivity index is 2.06. The second-order valence-electron chi connectivity index (χ2n) is 7.84. The lowest BCUT2D eigenvalue weighted by Gasteiger charge is -2.37. The summed E-state index contributed by atoms with van der Waals surface area (Å²) < 4.78 is 0. The Bertz CT molecular complexity index is 1020. The number of Topliss-reactive ketones (excluding diaryl/α,β-unsaturated/α-hetero) is 1. The molecule has 3 rings (SSSR count). The van der Waals surface area contributed by atoms with E-state index in [2.05, 4.69) is 0 Å². The predicted molar refractivity (Wildman–Crippen MR) is 116 cm³/mol. The average molecular weight is 428 g/mol. The van der Waals surface area contributed by atoms with Gasteiger partial charge >= 0.3 is 5.97 Å². The van der Waals surface area contributed by atoms with Crippen LogP contribution in [0.3, 0.4) is 0 Å². The van der Waals surface area contributed by atoms with E-state index in [4.69, 9.17) is 0 Å². The fraction of sp³-hybridized carbons (Fsp3) is 0.391. The molecule has 30 heavy (non-hydrogen) atoms. The molecule has 6 nitrogen and oxygen atoms in total. The van der Waals surface area contributed by atoms with Crippen molar-refractivity contribution in [2.75, 3.05) is 6.54 Å². The quantitative estimate of drug-likeness (QED) is 0.557. The van der Waals surface area contributed by atoms with E-state index in [-0.39, 0.29) is 11.7 Å². The minimum Gasteiger partial charge on any atom is -0.480 e. The molecule has 1 heterocycles. The molecule has 0 spiro atoms. The summed E-state index contributed by atoms with van der Waals surface area (Å²) in [5.41, 5.74) is -1.21. The van der Waals surface area contributed by atoms with E-state index < -0.39 is 34.4 Å². The highest BCUT2D eigenvalue weighted by atomic mass is 32.2. The molecule has 2 aromatic rings. The van der Waals surface area contributed by atoms with Gasteiger partial charge in [0.2, 0.25) is 5.91 Å². The second kappa shape index (κ2) is 8.60. The minimum absolute atomic E-state index is 0.205. The first-order chi connectivity index (χ1) is 14.2. The molecule has 7 heteroatoms. The van der Waals surface area contributed by atoms with E-state index in [1.54, 1.807) is 19.1 Å². The summed E-state index contributed by atoms with van der Waals surface area (Å²) in [4.78, 5) is 52.0. The van der Waals surface area contributed by atoms with E-state index in [0.717, 1.165) is 22.5 Å². The van der Waals surface area contributed by atoms with Crippen LogP contribution >= 0.6 is 11.8 Å². The lowest BCUT2D eigenvalue weighted by Crippen LogP contribution is -2.54. The molecule has 2 aromatic carbocycles. The summed E-state index contributed by atoms with van der Waals surface area (Å²) in [5, 5.41) is 10.5. The molecule has 158 valence electrons. The van der Waals surface area contributed by atoms with E-state index in [0.29, 0.717) is 18.4 Å². The van der Waals surface area contributed by atoms with Gasteiger partial charge in [0.25, 0.3) is 0 Å². The lowest BCUT2D eigenvalue weighted by molar-refractivity contribution is -0.151. The number of carbonyl (C=O) groups is 4. The van der Waals surface area contributed by atoms with Crippen molar-refractivity contribution in [3.8, 4) is 0 Å². The maximum absolute atomic E-state index is 13.7. The number of carboxylic acid groups (broad SMARTS) is 1. The largest absolute Gasteiger partial charge is 0.480 e. The van der Waals surface area contributed by atoms with E-state index in [9.17, 15) is 24.3 Å². The van der Waals surface area contributed by atoms with Crippen LogP contribution in [0, 0.1) is 5.41 Å². The van der Waals surface area contributed by atoms with Crippen LogP contribution < -0.4 is 0 Å². The van der Waals surface area contributed by atoms with Crippen molar-refractivity contribution < 1.29 is 24.3 Å². The van der Waals surface area contributed by atoms with Crippen LogP contribution in [0.2, 0.25) is 0 Å². The molecule has 1 N–H and O–H groups in total. The Morgan fingerprint density at radius 1 is 1.13 bits per heavy atom. The second-order valence-corrected chi connectivity index (χ2v) is 9.36. The maximum Gasteiger partial charge on any atom is 0.326 e. The molecular formula is C23H25NO5S. The van der Waals surface area contributed by atoms with Crippen LogP contribution in [0.25, 0.3) is 10.8 Å². The van der Waals surface area contributed by atoms with Gasteiger partial charge in [-0.2, -0.15) is 0 Å². The van der Waals surface area contributed by atoms with Gasteiger partial charge in [0.15, 0.2) is 10.9 Å². The zero-order valence-electron chi connectivity index (χ0n) is 17.3. The first kappa shape index (κ1) is 22.0. The third kappa shape index (κ3) is 3.99. The topological polar surface area (TPSA) is 91.8 Å². The summed E-state index contributed by atoms with van der Waals surface area (Å²) in [6, 6.07) is 11.9. The summed E-state index contributed by atoms with van der Waals surface area (Å²) in [6.45, 7) is 4.88. The third-order valence-electron chi connectivity index (χ3n) is 5.88. The normalized spacial score (nSPS) is 19.3. The molecule has 0 radical (unpaired) electrons. The molecule has 0 aromatic heterocycles. The number of ketones is 1. The van der Waals surface area contributed by atoms with Crippen LogP contribution in [0.5, 0.6) is 0 Å². The van der Waals surface area contributed by atoms with Crippen molar-refractivity contribution in [1.82, 2.24) is 4.90 Å². The van der Waals surface area contributed by atoms with Crippen molar-refractivity contribution >= 4 is 45.3 Å². The highest BCUT2D eigenvalue weighted by Gasteiger charge is 2.51. The van der Waals surface area contributed by atoms with Gasteiger partial charge in [0.1, 0.15) is 11.5 Å². The Kier molecular flexibility index (Phi) is 6.31. The van der Waals surface area contributed by atoms with Crippen LogP contribution in [0.15, 0.2) is 42.5 Å². The van der Waals surface area contributed by atoms with Crippen LogP contribution in [0.1, 0.15) is 44.0 Å². The number of likely N-dealkylation sites (tertiary alicyclic amines) is 1. The predicted octanol–water partition coefficient (Wildman–Crippen LogP) is 3.77. The maximum atomic E-state index is 13.7. The fourth-order valence-corrected chi connectivity index (χ4v) is 4.96. The molecular weight excluding hydrogens is 402 g/mol. The molecule has 0 saturated carbocycles. The zero-order valence-corrected chi connectivity index (χ0v) is 18.1. The standard InChI is InChI=1S/C23H25NO5S/c1-14(30-15(2)25)23(3,22(29)24-12-6-9-19(24)21(27)28)20(26)18-11-10-16-7-4-5-8-17(16)13-18/h4-5,7-8,10-11,13-14,19H,6,9,12H2,1-3H3,(H,27,28)/t14-,19-,23+/m0/s1. The minimum atomic E-state index is -1.57. The Labute approximate surface area is 179 Å². The number of carbonyl (C=O) groups excluding carboxylic acids is 3. The van der Waals surface area contributed by atoms with E-state index >= 15 is 0 Å². The van der Waals surface area contributed by atoms with Gasteiger partial charge in [-0.15, -0.1) is 0 Å². The van der Waals surface area contributed by atoms with Gasteiger partial charge in [0, 0.05) is 24.3 Å². The van der Waals surface area contributed by atoms with Gasteiger partial charge in [-0.25, -0.2) is 4.79 Å². The number of fused-ring (bicyclic) bond motifs is 1. The fourth-order valence-electron chi connectivity index (χ4n) is 4.02. The monoisotopic (exact) mass is 427 g/mol. The van der Waals surface area contributed by atoms with Crippen molar-refractivity contribution in [3.63, 3.8) is 0 Å². The number of carboxylic acids is 1.